The molecule has 0 atom stereocenters. The van der Waals surface area contributed by atoms with Crippen molar-refractivity contribution >= 4 is 46.4 Å². The Kier molecular flexibility index (Phi) is 5.40. The smallest absolute Gasteiger partial charge is 0.258 e. The molecule has 0 unspecified atom stereocenters. The van der Waals surface area contributed by atoms with Crippen LogP contribution in [-0.2, 0) is 0 Å². The van der Waals surface area contributed by atoms with Crippen LogP contribution < -0.4 is 10.6 Å². The number of benzene rings is 2. The van der Waals surface area contributed by atoms with E-state index in [1.807, 2.05) is 32.0 Å². The minimum atomic E-state index is -0.272. The molecule has 1 amide bonds. The number of carbonyl (C=O) groups excluding carboxylic acids is 1. The van der Waals surface area contributed by atoms with Crippen molar-refractivity contribution in [2.75, 3.05) is 10.6 Å². The van der Waals surface area contributed by atoms with Gasteiger partial charge >= 0.3 is 0 Å². The second-order valence-electron chi connectivity index (χ2n) is 5.82. The molecule has 3 rings (SSSR count). The molecule has 0 fully saturated rings. The Balaban J connectivity index is 1.73. The lowest BCUT2D eigenvalue weighted by atomic mass is 10.1. The molecule has 5 nitrogen and oxygen atoms in total. The van der Waals surface area contributed by atoms with E-state index in [1.165, 1.54) is 12.4 Å². The van der Waals surface area contributed by atoms with Crippen molar-refractivity contribution in [1.29, 1.82) is 0 Å². The second kappa shape index (κ2) is 7.72. The third-order valence-corrected chi connectivity index (χ3v) is 4.29. The summed E-state index contributed by atoms with van der Waals surface area (Å²) in [6.07, 6.45) is 2.91. The number of aromatic nitrogens is 2. The van der Waals surface area contributed by atoms with Crippen LogP contribution in [0.1, 0.15) is 21.5 Å². The van der Waals surface area contributed by atoms with Gasteiger partial charge in [0.15, 0.2) is 0 Å². The number of rotatable bonds is 4. The van der Waals surface area contributed by atoms with Crippen molar-refractivity contribution in [3.8, 4) is 0 Å². The molecule has 7 heteroatoms. The predicted molar refractivity (Wildman–Crippen MR) is 106 cm³/mol. The third-order valence-electron chi connectivity index (χ3n) is 3.73. The average molecular weight is 387 g/mol. The van der Waals surface area contributed by atoms with E-state index in [4.69, 9.17) is 23.2 Å². The number of nitrogens with zero attached hydrogens (tertiary/aromatic N) is 2. The largest absolute Gasteiger partial charge is 0.323 e. The monoisotopic (exact) mass is 386 g/mol. The van der Waals surface area contributed by atoms with Crippen molar-refractivity contribution in [2.24, 2.45) is 0 Å². The number of nitrogens with one attached hydrogen (secondary N) is 2. The van der Waals surface area contributed by atoms with Crippen molar-refractivity contribution in [3.63, 3.8) is 0 Å². The Labute approximate surface area is 161 Å². The Morgan fingerprint density at radius 1 is 0.962 bits per heavy atom. The molecule has 132 valence electrons. The summed E-state index contributed by atoms with van der Waals surface area (Å²) in [4.78, 5) is 20.7. The minimum Gasteiger partial charge on any atom is -0.323 e. The third kappa shape index (κ3) is 4.31. The highest BCUT2D eigenvalue weighted by Gasteiger charge is 2.10. The molecule has 0 aliphatic carbocycles. The van der Waals surface area contributed by atoms with E-state index in [-0.39, 0.29) is 5.91 Å². The summed E-state index contributed by atoms with van der Waals surface area (Å²) in [6, 6.07) is 10.9. The zero-order chi connectivity index (χ0) is 18.7. The van der Waals surface area contributed by atoms with E-state index >= 15 is 0 Å². The number of anilines is 3. The highest BCUT2D eigenvalue weighted by Crippen LogP contribution is 2.27. The summed E-state index contributed by atoms with van der Waals surface area (Å²) in [6.45, 7) is 3.91. The predicted octanol–water partition coefficient (Wildman–Crippen LogP) is 5.40. The van der Waals surface area contributed by atoms with E-state index in [9.17, 15) is 4.79 Å². The Morgan fingerprint density at radius 3 is 2.42 bits per heavy atom. The average Bonchev–Trinajstić information content (AvgIpc) is 2.62. The first kappa shape index (κ1) is 18.2. The van der Waals surface area contributed by atoms with Gasteiger partial charge in [-0.05, 0) is 49.2 Å². The van der Waals surface area contributed by atoms with E-state index in [0.29, 0.717) is 27.2 Å². The Hall–Kier alpha value is -2.63. The van der Waals surface area contributed by atoms with Gasteiger partial charge in [-0.3, -0.25) is 4.79 Å². The van der Waals surface area contributed by atoms with Gasteiger partial charge in [-0.2, -0.15) is 0 Å². The fourth-order valence-corrected chi connectivity index (χ4v) is 2.63. The highest BCUT2D eigenvalue weighted by atomic mass is 35.5. The second-order valence-corrected chi connectivity index (χ2v) is 6.66. The summed E-state index contributed by atoms with van der Waals surface area (Å²) in [5.41, 5.74) is 3.77. The number of halogens is 2. The van der Waals surface area contributed by atoms with Crippen LogP contribution >= 0.6 is 23.2 Å². The molecule has 26 heavy (non-hydrogen) atoms. The molecule has 0 spiro atoms. The van der Waals surface area contributed by atoms with Crippen molar-refractivity contribution in [2.45, 2.75) is 13.8 Å². The van der Waals surface area contributed by atoms with Gasteiger partial charge in [0.25, 0.3) is 5.91 Å². The SMILES string of the molecule is Cc1ccc(C)c(NC(=O)c2cnc(Nc3cc(Cl)ccc3Cl)nc2)c1. The quantitative estimate of drug-likeness (QED) is 0.629. The normalized spacial score (nSPS) is 10.5. The lowest BCUT2D eigenvalue weighted by Crippen LogP contribution is -2.14. The summed E-state index contributed by atoms with van der Waals surface area (Å²) in [7, 11) is 0. The van der Waals surface area contributed by atoms with E-state index < -0.39 is 0 Å². The Bertz CT molecular complexity index is 958. The van der Waals surface area contributed by atoms with Crippen LogP contribution in [0, 0.1) is 13.8 Å². The molecule has 2 aromatic carbocycles. The molecule has 1 aromatic heterocycles. The standard InChI is InChI=1S/C19H16Cl2N4O/c1-11-3-4-12(2)16(7-11)24-18(26)13-9-22-19(23-10-13)25-17-8-14(20)5-6-15(17)21/h3-10H,1-2H3,(H,24,26)(H,22,23,25). The first-order valence-electron chi connectivity index (χ1n) is 7.85. The van der Waals surface area contributed by atoms with Gasteiger partial charge in [-0.15, -0.1) is 0 Å². The minimum absolute atomic E-state index is 0.272. The van der Waals surface area contributed by atoms with Gasteiger partial charge in [-0.25, -0.2) is 9.97 Å². The summed E-state index contributed by atoms with van der Waals surface area (Å²) in [5.74, 6) is 0.0449. The maximum Gasteiger partial charge on any atom is 0.258 e. The van der Waals surface area contributed by atoms with Crippen molar-refractivity contribution in [1.82, 2.24) is 9.97 Å². The molecule has 0 aliphatic rings. The molecule has 1 heterocycles. The van der Waals surface area contributed by atoms with E-state index in [2.05, 4.69) is 20.6 Å². The number of aryl methyl sites for hydroxylation is 2. The van der Waals surface area contributed by atoms with E-state index in [1.54, 1.807) is 18.2 Å². The molecule has 0 bridgehead atoms. The van der Waals surface area contributed by atoms with Gasteiger partial charge in [0.1, 0.15) is 0 Å². The van der Waals surface area contributed by atoms with Crippen LogP contribution in [0.3, 0.4) is 0 Å². The van der Waals surface area contributed by atoms with Gasteiger partial charge in [0.2, 0.25) is 5.95 Å². The van der Waals surface area contributed by atoms with Gasteiger partial charge in [0.05, 0.1) is 16.3 Å². The summed E-state index contributed by atoms with van der Waals surface area (Å²) >= 11 is 12.1. The highest BCUT2D eigenvalue weighted by molar-refractivity contribution is 6.35. The fraction of sp³-hybridized carbons (Fsp3) is 0.105. The molecule has 3 aromatic rings. The van der Waals surface area contributed by atoms with Crippen LogP contribution in [0.2, 0.25) is 10.0 Å². The van der Waals surface area contributed by atoms with Gasteiger partial charge in [-0.1, -0.05) is 35.3 Å². The van der Waals surface area contributed by atoms with Crippen LogP contribution in [0.15, 0.2) is 48.8 Å². The fourth-order valence-electron chi connectivity index (χ4n) is 2.29. The molecular formula is C19H16Cl2N4O. The number of hydrogen-bond donors (Lipinski definition) is 2. The number of amides is 1. The first-order valence-corrected chi connectivity index (χ1v) is 8.61. The van der Waals surface area contributed by atoms with Crippen LogP contribution in [0.25, 0.3) is 0 Å². The van der Waals surface area contributed by atoms with Crippen LogP contribution in [-0.4, -0.2) is 15.9 Å². The molecule has 0 aliphatic heterocycles. The van der Waals surface area contributed by atoms with Gasteiger partial charge in [0, 0.05) is 23.1 Å². The van der Waals surface area contributed by atoms with Gasteiger partial charge < -0.3 is 10.6 Å². The topological polar surface area (TPSA) is 66.9 Å². The zero-order valence-corrected chi connectivity index (χ0v) is 15.7. The maximum atomic E-state index is 12.4. The Morgan fingerprint density at radius 2 is 1.69 bits per heavy atom. The van der Waals surface area contributed by atoms with Crippen molar-refractivity contribution in [3.05, 3.63) is 75.5 Å². The molecule has 0 radical (unpaired) electrons. The van der Waals surface area contributed by atoms with Crippen LogP contribution in [0.4, 0.5) is 17.3 Å². The molecule has 2 N–H and O–H groups in total. The first-order chi connectivity index (χ1) is 12.4. The zero-order valence-electron chi connectivity index (χ0n) is 14.2. The summed E-state index contributed by atoms with van der Waals surface area (Å²) in [5, 5.41) is 6.89. The number of hydrogen-bond acceptors (Lipinski definition) is 4. The maximum absolute atomic E-state index is 12.4. The summed E-state index contributed by atoms with van der Waals surface area (Å²) < 4.78 is 0. The van der Waals surface area contributed by atoms with Crippen molar-refractivity contribution < 1.29 is 4.79 Å². The lowest BCUT2D eigenvalue weighted by molar-refractivity contribution is 0.102. The number of carbonyl (C=O) groups is 1. The molecule has 0 saturated heterocycles. The lowest BCUT2D eigenvalue weighted by Gasteiger charge is -2.10. The molecule has 0 saturated carbocycles. The van der Waals surface area contributed by atoms with E-state index in [0.717, 1.165) is 16.8 Å². The van der Waals surface area contributed by atoms with Crippen LogP contribution in [0.5, 0.6) is 0 Å². The molecular weight excluding hydrogens is 371 g/mol.